The average Bonchev–Trinajstić information content (AvgIpc) is 2.43. The highest BCUT2D eigenvalue weighted by Gasteiger charge is 2.37. The van der Waals surface area contributed by atoms with E-state index < -0.39 is 35.5 Å². The van der Waals surface area contributed by atoms with E-state index in [2.05, 4.69) is 5.32 Å². The summed E-state index contributed by atoms with van der Waals surface area (Å²) in [5.41, 5.74) is 3.79. The van der Waals surface area contributed by atoms with Crippen molar-refractivity contribution >= 4 is 18.0 Å². The van der Waals surface area contributed by atoms with E-state index in [1.54, 1.807) is 32.9 Å². The Morgan fingerprint density at radius 3 is 2.17 bits per heavy atom. The molecule has 0 radical (unpaired) electrons. The highest BCUT2D eigenvalue weighted by Crippen LogP contribution is 2.14. The van der Waals surface area contributed by atoms with Gasteiger partial charge in [0, 0.05) is 0 Å². The molecule has 0 unspecified atom stereocenters. The van der Waals surface area contributed by atoms with Gasteiger partial charge in [0.25, 0.3) is 0 Å². The van der Waals surface area contributed by atoms with Crippen LogP contribution in [-0.2, 0) is 25.7 Å². The topological polar surface area (TPSA) is 108 Å². The summed E-state index contributed by atoms with van der Waals surface area (Å²) < 4.78 is 10.2. The highest BCUT2D eigenvalue weighted by molar-refractivity contribution is 5.92. The number of carbonyl (C=O) groups excluding carboxylic acids is 3. The first-order valence-electron chi connectivity index (χ1n) is 7.52. The van der Waals surface area contributed by atoms with Gasteiger partial charge in [-0.2, -0.15) is 0 Å². The Hall–Kier alpha value is -2.57. The molecule has 0 aromatic heterocycles. The van der Waals surface area contributed by atoms with Crippen LogP contribution in [0.25, 0.3) is 0 Å². The van der Waals surface area contributed by atoms with Gasteiger partial charge in [-0.15, -0.1) is 0 Å². The Bertz CT molecular complexity index is 595. The molecule has 0 heterocycles. The molecule has 0 bridgehead atoms. The van der Waals surface area contributed by atoms with Crippen LogP contribution in [0.4, 0.5) is 4.79 Å². The van der Waals surface area contributed by atoms with Gasteiger partial charge in [0.1, 0.15) is 17.7 Å². The van der Waals surface area contributed by atoms with Gasteiger partial charge >= 0.3 is 12.1 Å². The van der Waals surface area contributed by atoms with Crippen LogP contribution in [0.1, 0.15) is 39.7 Å². The first-order valence-corrected chi connectivity index (χ1v) is 7.52. The van der Waals surface area contributed by atoms with Crippen LogP contribution in [0.15, 0.2) is 30.3 Å². The summed E-state index contributed by atoms with van der Waals surface area (Å²) in [5.74, 6) is -1.51. The second-order valence-electron chi connectivity index (χ2n) is 6.65. The summed E-state index contributed by atoms with van der Waals surface area (Å²) >= 11 is 0. The molecule has 1 aromatic carbocycles. The van der Waals surface area contributed by atoms with Crippen molar-refractivity contribution in [3.05, 3.63) is 35.9 Å². The fourth-order valence-corrected chi connectivity index (χ4v) is 1.80. The molecule has 0 aliphatic rings. The van der Waals surface area contributed by atoms with E-state index in [4.69, 9.17) is 15.2 Å². The molecule has 0 saturated carbocycles. The standard InChI is InChI=1S/C17H24N2O5/c1-16(2,3)24-15(22)19-17(4,14(18)21)10-13(20)23-11-12-8-6-5-7-9-12/h5-9H,10-11H2,1-4H3,(H2,18,21)(H,19,22)/t17-/m1/s1. The van der Waals surface area contributed by atoms with Crippen LogP contribution in [0.2, 0.25) is 0 Å². The molecule has 24 heavy (non-hydrogen) atoms. The van der Waals surface area contributed by atoms with Crippen molar-refractivity contribution in [2.45, 2.75) is 51.9 Å². The molecular weight excluding hydrogens is 312 g/mol. The third-order valence-corrected chi connectivity index (χ3v) is 3.06. The molecule has 3 N–H and O–H groups in total. The van der Waals surface area contributed by atoms with Gasteiger partial charge in [-0.3, -0.25) is 9.59 Å². The zero-order valence-corrected chi connectivity index (χ0v) is 14.4. The van der Waals surface area contributed by atoms with Crippen LogP contribution in [0, 0.1) is 0 Å². The predicted octanol–water partition coefficient (Wildman–Crippen LogP) is 1.89. The maximum Gasteiger partial charge on any atom is 0.408 e. The molecule has 0 aliphatic heterocycles. The second-order valence-corrected chi connectivity index (χ2v) is 6.65. The van der Waals surface area contributed by atoms with Gasteiger partial charge in [-0.25, -0.2) is 4.79 Å². The van der Waals surface area contributed by atoms with E-state index in [1.807, 2.05) is 18.2 Å². The Morgan fingerprint density at radius 1 is 1.08 bits per heavy atom. The molecule has 0 aliphatic carbocycles. The number of carbonyl (C=O) groups is 3. The monoisotopic (exact) mass is 336 g/mol. The fraction of sp³-hybridized carbons (Fsp3) is 0.471. The van der Waals surface area contributed by atoms with Crippen molar-refractivity contribution in [1.82, 2.24) is 5.32 Å². The first kappa shape index (κ1) is 19.5. The third-order valence-electron chi connectivity index (χ3n) is 3.06. The lowest BCUT2D eigenvalue weighted by atomic mass is 9.97. The van der Waals surface area contributed by atoms with E-state index in [0.717, 1.165) is 5.56 Å². The number of nitrogens with one attached hydrogen (secondary N) is 1. The van der Waals surface area contributed by atoms with Crippen molar-refractivity contribution < 1.29 is 23.9 Å². The molecule has 7 heteroatoms. The molecule has 1 atom stereocenters. The molecule has 2 amide bonds. The molecule has 0 saturated heterocycles. The Balaban J connectivity index is 2.65. The van der Waals surface area contributed by atoms with Gasteiger partial charge < -0.3 is 20.5 Å². The third kappa shape index (κ3) is 6.68. The summed E-state index contributed by atoms with van der Waals surface area (Å²) in [6, 6.07) is 9.10. The largest absolute Gasteiger partial charge is 0.461 e. The van der Waals surface area contributed by atoms with Crippen LogP contribution in [0.3, 0.4) is 0 Å². The highest BCUT2D eigenvalue weighted by atomic mass is 16.6. The van der Waals surface area contributed by atoms with E-state index in [-0.39, 0.29) is 6.61 Å². The predicted molar refractivity (Wildman–Crippen MR) is 87.8 cm³/mol. The molecule has 0 fully saturated rings. The smallest absolute Gasteiger partial charge is 0.408 e. The second kappa shape index (κ2) is 7.81. The SMILES string of the molecule is CC(C)(C)OC(=O)N[C@](C)(CC(=O)OCc1ccccc1)C(N)=O. The number of benzene rings is 1. The molecular formula is C17H24N2O5. The Kier molecular flexibility index (Phi) is 6.34. The molecule has 1 aromatic rings. The number of esters is 1. The maximum absolute atomic E-state index is 12.0. The molecule has 132 valence electrons. The van der Waals surface area contributed by atoms with Crippen molar-refractivity contribution in [2.24, 2.45) is 5.73 Å². The quantitative estimate of drug-likeness (QED) is 0.771. The van der Waals surface area contributed by atoms with Gasteiger partial charge in [0.15, 0.2) is 0 Å². The van der Waals surface area contributed by atoms with Gasteiger partial charge in [0.05, 0.1) is 6.42 Å². The lowest BCUT2D eigenvalue weighted by Gasteiger charge is -2.28. The number of primary amides is 1. The van der Waals surface area contributed by atoms with Gasteiger partial charge in [-0.05, 0) is 33.3 Å². The summed E-state index contributed by atoms with van der Waals surface area (Å²) in [5, 5.41) is 2.34. The lowest BCUT2D eigenvalue weighted by Crippen LogP contribution is -2.57. The number of hydrogen-bond acceptors (Lipinski definition) is 5. The minimum absolute atomic E-state index is 0.0704. The zero-order chi connectivity index (χ0) is 18.4. The Morgan fingerprint density at radius 2 is 1.67 bits per heavy atom. The number of hydrogen-bond donors (Lipinski definition) is 2. The number of nitrogens with two attached hydrogens (primary N) is 1. The fourth-order valence-electron chi connectivity index (χ4n) is 1.80. The number of amides is 2. The van der Waals surface area contributed by atoms with Crippen LogP contribution < -0.4 is 11.1 Å². The average molecular weight is 336 g/mol. The first-order chi connectivity index (χ1) is 11.0. The molecule has 0 spiro atoms. The van der Waals surface area contributed by atoms with Gasteiger partial charge in [0.2, 0.25) is 5.91 Å². The van der Waals surface area contributed by atoms with E-state index in [9.17, 15) is 14.4 Å². The van der Waals surface area contributed by atoms with Crippen molar-refractivity contribution in [3.8, 4) is 0 Å². The molecule has 7 nitrogen and oxygen atoms in total. The van der Waals surface area contributed by atoms with Crippen LogP contribution in [-0.4, -0.2) is 29.1 Å². The van der Waals surface area contributed by atoms with Crippen molar-refractivity contribution in [2.75, 3.05) is 0 Å². The summed E-state index contributed by atoms with van der Waals surface area (Å²) in [4.78, 5) is 35.5. The minimum atomic E-state index is -1.60. The Labute approximate surface area is 141 Å². The van der Waals surface area contributed by atoms with E-state index in [1.165, 1.54) is 6.92 Å². The minimum Gasteiger partial charge on any atom is -0.461 e. The summed E-state index contributed by atoms with van der Waals surface area (Å²) in [6.07, 6.45) is -1.23. The number of ether oxygens (including phenoxy) is 2. The van der Waals surface area contributed by atoms with Crippen LogP contribution >= 0.6 is 0 Å². The lowest BCUT2D eigenvalue weighted by molar-refractivity contribution is -0.148. The maximum atomic E-state index is 12.0. The molecule has 1 rings (SSSR count). The summed E-state index contributed by atoms with van der Waals surface area (Å²) in [6.45, 7) is 6.47. The van der Waals surface area contributed by atoms with Crippen LogP contribution in [0.5, 0.6) is 0 Å². The van der Waals surface area contributed by atoms with E-state index >= 15 is 0 Å². The summed E-state index contributed by atoms with van der Waals surface area (Å²) in [7, 11) is 0. The van der Waals surface area contributed by atoms with Crippen molar-refractivity contribution in [3.63, 3.8) is 0 Å². The van der Waals surface area contributed by atoms with Crippen molar-refractivity contribution in [1.29, 1.82) is 0 Å². The van der Waals surface area contributed by atoms with Gasteiger partial charge in [-0.1, -0.05) is 30.3 Å². The normalized spacial score (nSPS) is 13.5. The zero-order valence-electron chi connectivity index (χ0n) is 14.4. The number of rotatable bonds is 6. The number of alkyl carbamates (subject to hydrolysis) is 1. The van der Waals surface area contributed by atoms with E-state index in [0.29, 0.717) is 0 Å².